The lowest BCUT2D eigenvalue weighted by Gasteiger charge is -2.33. The first-order valence-electron chi connectivity index (χ1n) is 17.5. The van der Waals surface area contributed by atoms with Gasteiger partial charge in [0.05, 0.1) is 0 Å². The van der Waals surface area contributed by atoms with Crippen molar-refractivity contribution in [3.8, 4) is 17.2 Å². The molecule has 3 aromatic rings. The summed E-state index contributed by atoms with van der Waals surface area (Å²) in [5.41, 5.74) is 4.76. The maximum Gasteiger partial charge on any atom is 0.471 e. The fourth-order valence-electron chi connectivity index (χ4n) is 5.80. The molecule has 0 aliphatic rings. The van der Waals surface area contributed by atoms with E-state index in [0.717, 1.165) is 33.4 Å². The minimum atomic E-state index is -2.49. The van der Waals surface area contributed by atoms with Crippen LogP contribution in [0.25, 0.3) is 0 Å². The zero-order chi connectivity index (χ0) is 37.5. The highest BCUT2D eigenvalue weighted by Crippen LogP contribution is 2.58. The molecule has 3 aromatic carbocycles. The molecule has 1 unspecified atom stereocenters. The summed E-state index contributed by atoms with van der Waals surface area (Å²) in [5, 5.41) is 0. The van der Waals surface area contributed by atoms with E-state index in [0.29, 0.717) is 17.2 Å². The van der Waals surface area contributed by atoms with Crippen LogP contribution in [0.5, 0.6) is 17.2 Å². The number of rotatable bonds is 8. The molecule has 5 nitrogen and oxygen atoms in total. The summed E-state index contributed by atoms with van der Waals surface area (Å²) in [4.78, 5) is 11.8. The van der Waals surface area contributed by atoms with Gasteiger partial charge in [0, 0.05) is 33.4 Å². The smallest absolute Gasteiger partial charge is 0.426 e. The summed E-state index contributed by atoms with van der Waals surface area (Å²) in [7, 11) is -4.71. The van der Waals surface area contributed by atoms with Gasteiger partial charge >= 0.3 is 17.2 Å². The van der Waals surface area contributed by atoms with Gasteiger partial charge in [0.1, 0.15) is 17.2 Å². The molecule has 0 bridgehead atoms. The summed E-state index contributed by atoms with van der Waals surface area (Å²) >= 11 is 0. The average molecular weight is 711 g/mol. The fourth-order valence-corrected chi connectivity index (χ4v) is 7.74. The number of hydrogen-bond acceptors (Lipinski definition) is 5. The SMILES string of the molecule is CC(C)(C)c1cccc(C(C)(C)C)c1OP(O)OP(Oc1c(C(C)(C)C)cccc1C(C)(C)C)Oc1c(C(C)(C)C)cccc1C(C)(C)C. The highest BCUT2D eigenvalue weighted by Gasteiger charge is 2.37. The van der Waals surface area contributed by atoms with Crippen LogP contribution in [0.2, 0.25) is 0 Å². The number of para-hydroxylation sites is 3. The lowest BCUT2D eigenvalue weighted by atomic mass is 9.79. The molecule has 0 aromatic heterocycles. The van der Waals surface area contributed by atoms with Gasteiger partial charge in [-0.2, -0.15) is 0 Å². The number of hydrogen-bond donors (Lipinski definition) is 1. The van der Waals surface area contributed by atoms with E-state index in [9.17, 15) is 4.89 Å². The predicted molar refractivity (Wildman–Crippen MR) is 211 cm³/mol. The molecule has 0 fully saturated rings. The molecule has 1 atom stereocenters. The van der Waals surface area contributed by atoms with Crippen molar-refractivity contribution in [3.63, 3.8) is 0 Å². The van der Waals surface area contributed by atoms with E-state index in [1.54, 1.807) is 0 Å². The molecule has 0 amide bonds. The van der Waals surface area contributed by atoms with Crippen LogP contribution >= 0.6 is 17.2 Å². The van der Waals surface area contributed by atoms with Gasteiger partial charge in [-0.3, -0.25) is 0 Å². The van der Waals surface area contributed by atoms with Gasteiger partial charge in [0.15, 0.2) is 0 Å². The molecule has 3 rings (SSSR count). The summed E-state index contributed by atoms with van der Waals surface area (Å²) in [5.74, 6) is 2.07. The molecule has 1 N–H and O–H groups in total. The van der Waals surface area contributed by atoms with Crippen LogP contribution in [0, 0.1) is 0 Å². The Labute approximate surface area is 301 Å². The van der Waals surface area contributed by atoms with Crippen molar-refractivity contribution in [1.82, 2.24) is 0 Å². The topological polar surface area (TPSA) is 57.2 Å². The van der Waals surface area contributed by atoms with E-state index < -0.39 is 17.2 Å². The monoisotopic (exact) mass is 710 g/mol. The van der Waals surface area contributed by atoms with Gasteiger partial charge < -0.3 is 18.5 Å². The molecule has 0 saturated carbocycles. The molecular weight excluding hydrogens is 646 g/mol. The van der Waals surface area contributed by atoms with Gasteiger partial charge in [-0.15, -0.1) is 0 Å². The van der Waals surface area contributed by atoms with E-state index in [1.165, 1.54) is 0 Å². The maximum atomic E-state index is 11.8. The Balaban J connectivity index is 2.27. The third-order valence-corrected chi connectivity index (χ3v) is 10.6. The average Bonchev–Trinajstić information content (AvgIpc) is 2.89. The standard InChI is InChI=1S/C42H64O5P2/c1-37(2,3)28-22-19-23-29(38(4,5)6)34(28)44-48(43)47-49(45-35-30(39(7,8)9)24-20-25-31(35)40(10,11)12)46-36-32(41(13,14)15)26-21-27-33(36)42(16,17)18/h19-27,43H,1-18H3. The molecule has 0 heterocycles. The highest BCUT2D eigenvalue weighted by atomic mass is 31.2. The molecule has 0 aliphatic carbocycles. The third kappa shape index (κ3) is 10.4. The first kappa shape index (κ1) is 41.3. The summed E-state index contributed by atoms with van der Waals surface area (Å²) in [6, 6.07) is 18.8. The van der Waals surface area contributed by atoms with Gasteiger partial charge in [-0.25, -0.2) is 4.31 Å². The molecule has 0 saturated heterocycles. The van der Waals surface area contributed by atoms with E-state index in [-0.39, 0.29) is 32.5 Å². The Hall–Kier alpha value is -2.16. The maximum absolute atomic E-state index is 11.8. The van der Waals surface area contributed by atoms with E-state index >= 15 is 0 Å². The van der Waals surface area contributed by atoms with Crippen LogP contribution in [0.15, 0.2) is 54.6 Å². The quantitative estimate of drug-likeness (QED) is 0.236. The van der Waals surface area contributed by atoms with E-state index in [4.69, 9.17) is 17.9 Å². The molecule has 49 heavy (non-hydrogen) atoms. The van der Waals surface area contributed by atoms with Crippen molar-refractivity contribution in [3.05, 3.63) is 88.0 Å². The Morgan fingerprint density at radius 2 is 0.571 bits per heavy atom. The lowest BCUT2D eigenvalue weighted by Crippen LogP contribution is -2.21. The first-order chi connectivity index (χ1) is 22.0. The predicted octanol–water partition coefficient (Wildman–Crippen LogP) is 13.5. The van der Waals surface area contributed by atoms with Gasteiger partial charge in [-0.1, -0.05) is 179 Å². The van der Waals surface area contributed by atoms with Crippen LogP contribution in [0.3, 0.4) is 0 Å². The third-order valence-electron chi connectivity index (χ3n) is 8.53. The van der Waals surface area contributed by atoms with E-state index in [1.807, 2.05) is 0 Å². The van der Waals surface area contributed by atoms with Crippen LogP contribution in [0.4, 0.5) is 0 Å². The van der Waals surface area contributed by atoms with E-state index in [2.05, 4.69) is 179 Å². The Morgan fingerprint density at radius 3 is 0.776 bits per heavy atom. The zero-order valence-corrected chi connectivity index (χ0v) is 35.5. The second-order valence-corrected chi connectivity index (χ2v) is 21.5. The molecule has 0 radical (unpaired) electrons. The largest absolute Gasteiger partial charge is 0.471 e. The zero-order valence-electron chi connectivity index (χ0n) is 33.7. The van der Waals surface area contributed by atoms with Crippen LogP contribution in [-0.2, 0) is 36.8 Å². The van der Waals surface area contributed by atoms with Crippen molar-refractivity contribution in [2.45, 2.75) is 157 Å². The van der Waals surface area contributed by atoms with Crippen molar-refractivity contribution in [2.24, 2.45) is 0 Å². The fraction of sp³-hybridized carbons (Fsp3) is 0.571. The highest BCUT2D eigenvalue weighted by molar-refractivity contribution is 7.55. The van der Waals surface area contributed by atoms with Gasteiger partial charge in [0.25, 0.3) is 0 Å². The van der Waals surface area contributed by atoms with Crippen molar-refractivity contribution >= 4 is 17.2 Å². The van der Waals surface area contributed by atoms with Crippen molar-refractivity contribution < 1.29 is 22.8 Å². The second kappa shape index (κ2) is 14.5. The van der Waals surface area contributed by atoms with Crippen molar-refractivity contribution in [2.75, 3.05) is 0 Å². The van der Waals surface area contributed by atoms with Crippen LogP contribution < -0.4 is 13.6 Å². The minimum Gasteiger partial charge on any atom is -0.426 e. The van der Waals surface area contributed by atoms with Crippen LogP contribution in [0.1, 0.15) is 158 Å². The summed E-state index contributed by atoms with van der Waals surface area (Å²) in [6.07, 6.45) is 0. The first-order valence-corrected chi connectivity index (χ1v) is 19.7. The molecular formula is C42H64O5P2. The lowest BCUT2D eigenvalue weighted by molar-refractivity contribution is 0.324. The minimum absolute atomic E-state index is 0.231. The summed E-state index contributed by atoms with van der Waals surface area (Å²) in [6.45, 7) is 39.0. The van der Waals surface area contributed by atoms with Gasteiger partial charge in [-0.05, 0) is 32.5 Å². The molecule has 272 valence electrons. The van der Waals surface area contributed by atoms with Crippen LogP contribution in [-0.4, -0.2) is 4.89 Å². The molecule has 0 spiro atoms. The molecule has 7 heteroatoms. The summed E-state index contributed by atoms with van der Waals surface area (Å²) < 4.78 is 26.9. The Kier molecular flexibility index (Phi) is 12.2. The Bertz CT molecular complexity index is 1410. The second-order valence-electron chi connectivity index (χ2n) is 19.4. The normalized spacial score (nSPS) is 14.2. The number of benzene rings is 3. The van der Waals surface area contributed by atoms with Gasteiger partial charge in [0.2, 0.25) is 0 Å². The van der Waals surface area contributed by atoms with Crippen molar-refractivity contribution in [1.29, 1.82) is 0 Å². The molecule has 0 aliphatic heterocycles. The Morgan fingerprint density at radius 1 is 0.367 bits per heavy atom.